The van der Waals surface area contributed by atoms with Crippen molar-refractivity contribution in [2.24, 2.45) is 0 Å². The first-order chi connectivity index (χ1) is 16.1. The summed E-state index contributed by atoms with van der Waals surface area (Å²) in [7, 11) is -4.34. The number of nitro groups is 1. The molecule has 2 rings (SSSR count). The van der Waals surface area contributed by atoms with E-state index < -0.39 is 45.8 Å². The van der Waals surface area contributed by atoms with Crippen LogP contribution in [-0.2, 0) is 21.3 Å². The van der Waals surface area contributed by atoms with Crippen molar-refractivity contribution in [3.8, 4) is 0 Å². The fourth-order valence-corrected chi connectivity index (χ4v) is 4.55. The molecule has 11 nitrogen and oxygen atoms in total. The van der Waals surface area contributed by atoms with Crippen LogP contribution in [0.1, 0.15) is 32.3 Å². The molecule has 12 heteroatoms. The molecule has 0 aromatic heterocycles. The summed E-state index contributed by atoms with van der Waals surface area (Å²) >= 11 is 0. The van der Waals surface area contributed by atoms with Gasteiger partial charge in [0.2, 0.25) is 0 Å². The number of sulfonamides is 1. The fraction of sp³-hybridized carbons (Fsp3) is 0.409. The minimum atomic E-state index is -4.34. The molecule has 186 valence electrons. The maximum Gasteiger partial charge on any atom is 0.404 e. The molecule has 0 aliphatic rings. The number of carboxylic acid groups (broad SMARTS) is 1. The van der Waals surface area contributed by atoms with Gasteiger partial charge in [-0.2, -0.15) is 0 Å². The first-order valence-electron chi connectivity index (χ1n) is 10.7. The van der Waals surface area contributed by atoms with Crippen molar-refractivity contribution >= 4 is 21.8 Å². The normalized spacial score (nSPS) is 13.6. The number of hydrogen-bond donors (Lipinski definition) is 3. The molecule has 1 amide bonds. The van der Waals surface area contributed by atoms with Gasteiger partial charge in [0.15, 0.2) is 0 Å². The number of nitrogens with zero attached hydrogens (tertiary/aromatic N) is 2. The van der Waals surface area contributed by atoms with Gasteiger partial charge in [0.05, 0.1) is 34.6 Å². The Morgan fingerprint density at radius 2 is 1.71 bits per heavy atom. The van der Waals surface area contributed by atoms with Crippen LogP contribution in [0, 0.1) is 10.1 Å². The van der Waals surface area contributed by atoms with Crippen molar-refractivity contribution in [1.29, 1.82) is 0 Å². The number of amides is 1. The monoisotopic (exact) mass is 495 g/mol. The summed E-state index contributed by atoms with van der Waals surface area (Å²) in [6, 6.07) is 12.1. The molecule has 2 aromatic rings. The van der Waals surface area contributed by atoms with Crippen LogP contribution in [0.15, 0.2) is 59.5 Å². The van der Waals surface area contributed by atoms with Gasteiger partial charge in [-0.1, -0.05) is 48.6 Å². The van der Waals surface area contributed by atoms with E-state index >= 15 is 0 Å². The lowest BCUT2D eigenvalue weighted by molar-refractivity contribution is -0.384. The zero-order valence-corrected chi connectivity index (χ0v) is 19.7. The van der Waals surface area contributed by atoms with Crippen molar-refractivity contribution < 1.29 is 33.2 Å². The SMILES string of the molecule is CCC(CC)ON(C[C@@H](O)[C@H](Cc1ccccc1)NC(=O)O)S(=O)(=O)c1ccc([N+](=O)[O-])cc1. The van der Waals surface area contributed by atoms with E-state index in [1.54, 1.807) is 30.3 Å². The lowest BCUT2D eigenvalue weighted by Gasteiger charge is -2.30. The topological polar surface area (TPSA) is 159 Å². The maximum absolute atomic E-state index is 13.3. The first kappa shape index (κ1) is 27.2. The largest absolute Gasteiger partial charge is 0.465 e. The van der Waals surface area contributed by atoms with Crippen molar-refractivity contribution in [1.82, 2.24) is 9.79 Å². The van der Waals surface area contributed by atoms with Crippen LogP contribution in [0.4, 0.5) is 10.5 Å². The van der Waals surface area contributed by atoms with Gasteiger partial charge in [-0.05, 0) is 37.0 Å². The van der Waals surface area contributed by atoms with Gasteiger partial charge >= 0.3 is 6.09 Å². The second-order valence-corrected chi connectivity index (χ2v) is 9.43. The molecule has 0 saturated carbocycles. The second kappa shape index (κ2) is 12.4. The molecule has 0 bridgehead atoms. The Bertz CT molecular complexity index is 1040. The van der Waals surface area contributed by atoms with Crippen LogP contribution in [0.2, 0.25) is 0 Å². The molecule has 0 radical (unpaired) electrons. The molecule has 0 heterocycles. The van der Waals surface area contributed by atoms with Crippen molar-refractivity contribution in [2.75, 3.05) is 6.54 Å². The molecular weight excluding hydrogens is 466 g/mol. The van der Waals surface area contributed by atoms with Crippen molar-refractivity contribution in [3.63, 3.8) is 0 Å². The molecule has 0 aliphatic heterocycles. The Hall–Kier alpha value is -3.06. The summed E-state index contributed by atoms with van der Waals surface area (Å²) < 4.78 is 27.2. The van der Waals surface area contributed by atoms with Crippen LogP contribution in [0.25, 0.3) is 0 Å². The summed E-state index contributed by atoms with van der Waals surface area (Å²) in [5, 5.41) is 33.3. The standard InChI is InChI=1S/C22H29N3O8S/c1-3-18(4-2)33-24(34(31,32)19-12-10-17(11-13-19)25(29)30)15-21(26)20(23-22(27)28)14-16-8-6-5-7-9-16/h5-13,18,20-21,23,26H,3-4,14-15H2,1-2H3,(H,27,28)/t20-,21+/m0/s1. The van der Waals surface area contributed by atoms with Crippen LogP contribution in [-0.4, -0.2) is 58.9 Å². The predicted molar refractivity (Wildman–Crippen MR) is 124 cm³/mol. The molecule has 0 aliphatic carbocycles. The Balaban J connectivity index is 2.35. The number of aliphatic hydroxyl groups is 1. The van der Waals surface area contributed by atoms with Gasteiger partial charge in [0, 0.05) is 12.1 Å². The number of benzene rings is 2. The van der Waals surface area contributed by atoms with Gasteiger partial charge in [-0.15, -0.1) is 0 Å². The zero-order chi connectivity index (χ0) is 25.3. The molecule has 34 heavy (non-hydrogen) atoms. The number of carbonyl (C=O) groups is 1. The lowest BCUT2D eigenvalue weighted by Crippen LogP contribution is -2.50. The van der Waals surface area contributed by atoms with E-state index in [0.29, 0.717) is 17.3 Å². The number of nitro benzene ring substituents is 1. The van der Waals surface area contributed by atoms with Crippen LogP contribution < -0.4 is 5.32 Å². The number of non-ortho nitro benzene ring substituents is 1. The van der Waals surface area contributed by atoms with Gasteiger partial charge in [-0.3, -0.25) is 15.0 Å². The Kier molecular flexibility index (Phi) is 9.93. The Labute approximate surface area is 198 Å². The Morgan fingerprint density at radius 3 is 2.21 bits per heavy atom. The van der Waals surface area contributed by atoms with Crippen molar-refractivity contribution in [3.05, 3.63) is 70.3 Å². The van der Waals surface area contributed by atoms with Crippen LogP contribution in [0.3, 0.4) is 0 Å². The van der Waals surface area contributed by atoms with E-state index in [0.717, 1.165) is 29.8 Å². The zero-order valence-electron chi connectivity index (χ0n) is 18.9. The quantitative estimate of drug-likeness (QED) is 0.282. The van der Waals surface area contributed by atoms with Gasteiger partial charge in [0.1, 0.15) is 0 Å². The van der Waals surface area contributed by atoms with E-state index in [1.807, 2.05) is 13.8 Å². The number of aliphatic hydroxyl groups excluding tert-OH is 1. The fourth-order valence-electron chi connectivity index (χ4n) is 3.25. The summed E-state index contributed by atoms with van der Waals surface area (Å²) in [4.78, 5) is 27.0. The molecule has 0 unspecified atom stereocenters. The van der Waals surface area contributed by atoms with Gasteiger partial charge < -0.3 is 15.5 Å². The third-order valence-corrected chi connectivity index (χ3v) is 6.84. The summed E-state index contributed by atoms with van der Waals surface area (Å²) in [5.41, 5.74) is 0.464. The number of rotatable bonds is 13. The minimum Gasteiger partial charge on any atom is -0.465 e. The van der Waals surface area contributed by atoms with E-state index in [9.17, 15) is 33.5 Å². The number of nitrogens with one attached hydrogen (secondary N) is 1. The first-order valence-corrected chi connectivity index (χ1v) is 12.2. The third kappa shape index (κ3) is 7.48. The minimum absolute atomic E-state index is 0.116. The highest BCUT2D eigenvalue weighted by molar-refractivity contribution is 7.89. The molecule has 2 aromatic carbocycles. The highest BCUT2D eigenvalue weighted by Crippen LogP contribution is 2.23. The molecule has 0 spiro atoms. The average molecular weight is 496 g/mol. The molecule has 2 atom stereocenters. The van der Waals surface area contributed by atoms with Crippen LogP contribution in [0.5, 0.6) is 0 Å². The highest BCUT2D eigenvalue weighted by Gasteiger charge is 2.33. The average Bonchev–Trinajstić information content (AvgIpc) is 2.81. The number of hydrogen-bond acceptors (Lipinski definition) is 7. The second-order valence-electron chi connectivity index (χ2n) is 7.60. The summed E-state index contributed by atoms with van der Waals surface area (Å²) in [6.45, 7) is 3.06. The van der Waals surface area contributed by atoms with E-state index in [4.69, 9.17) is 4.84 Å². The molecule has 0 fully saturated rings. The smallest absolute Gasteiger partial charge is 0.404 e. The van der Waals surface area contributed by atoms with E-state index in [-0.39, 0.29) is 17.0 Å². The van der Waals surface area contributed by atoms with E-state index in [1.165, 1.54) is 0 Å². The van der Waals surface area contributed by atoms with Gasteiger partial charge in [0.25, 0.3) is 15.7 Å². The third-order valence-electron chi connectivity index (χ3n) is 5.20. The Morgan fingerprint density at radius 1 is 1.12 bits per heavy atom. The van der Waals surface area contributed by atoms with Crippen molar-refractivity contribution in [2.45, 2.75) is 56.3 Å². The molecular formula is C22H29N3O8S. The summed E-state index contributed by atoms with van der Waals surface area (Å²) in [5.74, 6) is 0. The molecule has 3 N–H and O–H groups in total. The molecule has 0 saturated heterocycles. The highest BCUT2D eigenvalue weighted by atomic mass is 32.2. The predicted octanol–water partition coefficient (Wildman–Crippen LogP) is 2.95. The van der Waals surface area contributed by atoms with E-state index in [2.05, 4.69) is 5.32 Å². The maximum atomic E-state index is 13.3. The van der Waals surface area contributed by atoms with Crippen LogP contribution >= 0.6 is 0 Å². The lowest BCUT2D eigenvalue weighted by atomic mass is 10.0. The summed E-state index contributed by atoms with van der Waals surface area (Å²) in [6.07, 6.45) is -2.23. The van der Waals surface area contributed by atoms with Gasteiger partial charge in [-0.25, -0.2) is 13.2 Å². The number of hydroxylamine groups is 1.